The third kappa shape index (κ3) is 3.26. The van der Waals surface area contributed by atoms with E-state index >= 15 is 0 Å². The van der Waals surface area contributed by atoms with Gasteiger partial charge in [-0.1, -0.05) is 23.4 Å². The Labute approximate surface area is 168 Å². The van der Waals surface area contributed by atoms with Gasteiger partial charge in [-0.2, -0.15) is 4.98 Å². The van der Waals surface area contributed by atoms with Crippen LogP contribution in [0, 0.1) is 12.8 Å². The molecule has 3 unspecified atom stereocenters. The molecule has 1 aromatic carbocycles. The first-order valence-corrected chi connectivity index (χ1v) is 9.97. The summed E-state index contributed by atoms with van der Waals surface area (Å²) in [5, 5.41) is 3.86. The number of aryl methyl sites for hydroxylation is 1. The third-order valence-electron chi connectivity index (χ3n) is 5.90. The third-order valence-corrected chi connectivity index (χ3v) is 5.90. The molecule has 148 valence electrons. The van der Waals surface area contributed by atoms with Crippen molar-refractivity contribution in [3.05, 3.63) is 60.0 Å². The molecule has 4 heterocycles. The first kappa shape index (κ1) is 17.8. The predicted octanol–water partition coefficient (Wildman–Crippen LogP) is 3.51. The Morgan fingerprint density at radius 1 is 1.21 bits per heavy atom. The van der Waals surface area contributed by atoms with Gasteiger partial charge in [0, 0.05) is 30.3 Å². The van der Waals surface area contributed by atoms with E-state index in [2.05, 4.69) is 20.0 Å². The standard InChI is InChI=1S/C22H22N4O3/c1-14-24-21(29-25-14)17-6-2-3-7-18(17)22(27)26-16-9-10-19(26)15(12-16)13-28-20-8-4-5-11-23-20/h2-8,11,15-16,19H,9-10,12-13H2,1H3. The predicted molar refractivity (Wildman–Crippen MR) is 105 cm³/mol. The highest BCUT2D eigenvalue weighted by molar-refractivity contribution is 6.00. The molecule has 7 heteroatoms. The summed E-state index contributed by atoms with van der Waals surface area (Å²) in [6, 6.07) is 13.5. The van der Waals surface area contributed by atoms with Gasteiger partial charge in [0.15, 0.2) is 5.82 Å². The summed E-state index contributed by atoms with van der Waals surface area (Å²) in [6.45, 7) is 2.34. The Bertz CT molecular complexity index is 1020. The van der Waals surface area contributed by atoms with Gasteiger partial charge in [0.25, 0.3) is 11.8 Å². The number of hydrogen-bond donors (Lipinski definition) is 0. The van der Waals surface area contributed by atoms with Crippen LogP contribution in [0.3, 0.4) is 0 Å². The summed E-state index contributed by atoms with van der Waals surface area (Å²) in [4.78, 5) is 24.1. The maximum absolute atomic E-state index is 13.5. The topological polar surface area (TPSA) is 81.4 Å². The molecule has 2 saturated heterocycles. The highest BCUT2D eigenvalue weighted by atomic mass is 16.5. The van der Waals surface area contributed by atoms with Gasteiger partial charge in [-0.15, -0.1) is 0 Å². The van der Waals surface area contributed by atoms with Gasteiger partial charge < -0.3 is 14.2 Å². The fourth-order valence-corrected chi connectivity index (χ4v) is 4.63. The number of pyridine rings is 1. The first-order chi connectivity index (χ1) is 14.2. The Hall–Kier alpha value is -3.22. The molecular weight excluding hydrogens is 368 g/mol. The molecule has 2 aromatic heterocycles. The summed E-state index contributed by atoms with van der Waals surface area (Å²) in [5.41, 5.74) is 1.30. The van der Waals surface area contributed by atoms with E-state index in [0.29, 0.717) is 41.2 Å². The zero-order valence-corrected chi connectivity index (χ0v) is 16.2. The van der Waals surface area contributed by atoms with Gasteiger partial charge in [0.05, 0.1) is 17.7 Å². The van der Waals surface area contributed by atoms with Crippen LogP contribution in [-0.2, 0) is 0 Å². The molecule has 0 aliphatic carbocycles. The largest absolute Gasteiger partial charge is 0.477 e. The lowest BCUT2D eigenvalue weighted by atomic mass is 9.90. The molecule has 2 bridgehead atoms. The molecule has 0 N–H and O–H groups in total. The second-order valence-corrected chi connectivity index (χ2v) is 7.68. The first-order valence-electron chi connectivity index (χ1n) is 9.97. The molecule has 0 saturated carbocycles. The highest BCUT2D eigenvalue weighted by Crippen LogP contribution is 2.43. The van der Waals surface area contributed by atoms with E-state index in [4.69, 9.17) is 9.26 Å². The van der Waals surface area contributed by atoms with E-state index in [9.17, 15) is 4.79 Å². The Morgan fingerprint density at radius 2 is 2.07 bits per heavy atom. The van der Waals surface area contributed by atoms with E-state index in [1.165, 1.54) is 0 Å². The maximum Gasteiger partial charge on any atom is 0.258 e. The number of ether oxygens (including phenoxy) is 1. The lowest BCUT2D eigenvalue weighted by molar-refractivity contribution is 0.0710. The molecule has 0 radical (unpaired) electrons. The average Bonchev–Trinajstić information content (AvgIpc) is 3.47. The number of benzene rings is 1. The lowest BCUT2D eigenvalue weighted by Crippen LogP contribution is -2.37. The van der Waals surface area contributed by atoms with Crippen LogP contribution in [-0.4, -0.2) is 44.6 Å². The van der Waals surface area contributed by atoms with E-state index < -0.39 is 0 Å². The summed E-state index contributed by atoms with van der Waals surface area (Å²) < 4.78 is 11.2. The van der Waals surface area contributed by atoms with Crippen molar-refractivity contribution in [2.24, 2.45) is 5.92 Å². The van der Waals surface area contributed by atoms with E-state index in [0.717, 1.165) is 19.3 Å². The molecule has 29 heavy (non-hydrogen) atoms. The van der Waals surface area contributed by atoms with Gasteiger partial charge in [-0.3, -0.25) is 4.79 Å². The van der Waals surface area contributed by atoms with Gasteiger partial charge in [0.1, 0.15) is 0 Å². The molecule has 2 aliphatic rings. The Morgan fingerprint density at radius 3 is 2.86 bits per heavy atom. The SMILES string of the molecule is Cc1noc(-c2ccccc2C(=O)N2C3CCC2C(COc2ccccn2)C3)n1. The summed E-state index contributed by atoms with van der Waals surface area (Å²) in [7, 11) is 0. The van der Waals surface area contributed by atoms with Gasteiger partial charge >= 0.3 is 0 Å². The monoisotopic (exact) mass is 390 g/mol. The van der Waals surface area contributed by atoms with Crippen LogP contribution in [0.25, 0.3) is 11.5 Å². The highest BCUT2D eigenvalue weighted by Gasteiger charge is 2.49. The van der Waals surface area contributed by atoms with Crippen molar-refractivity contribution in [3.63, 3.8) is 0 Å². The number of carbonyl (C=O) groups excluding carboxylic acids is 1. The summed E-state index contributed by atoms with van der Waals surface area (Å²) in [5.74, 6) is 1.91. The van der Waals surface area contributed by atoms with Crippen molar-refractivity contribution >= 4 is 5.91 Å². The van der Waals surface area contributed by atoms with Gasteiger partial charge in [-0.05, 0) is 44.4 Å². The number of hydrogen-bond acceptors (Lipinski definition) is 6. The fraction of sp³-hybridized carbons (Fsp3) is 0.364. The number of aromatic nitrogens is 3. The summed E-state index contributed by atoms with van der Waals surface area (Å²) in [6.07, 6.45) is 4.74. The fourth-order valence-electron chi connectivity index (χ4n) is 4.63. The van der Waals surface area contributed by atoms with Crippen LogP contribution >= 0.6 is 0 Å². The molecule has 5 rings (SSSR count). The minimum Gasteiger partial charge on any atom is -0.477 e. The van der Waals surface area contributed by atoms with E-state index in [1.54, 1.807) is 13.1 Å². The minimum absolute atomic E-state index is 0.0317. The number of fused-ring (bicyclic) bond motifs is 2. The molecule has 3 atom stereocenters. The lowest BCUT2D eigenvalue weighted by Gasteiger charge is -2.25. The van der Waals surface area contributed by atoms with Crippen LogP contribution in [0.5, 0.6) is 5.88 Å². The zero-order chi connectivity index (χ0) is 19.8. The van der Waals surface area contributed by atoms with Crippen molar-refractivity contribution in [2.45, 2.75) is 38.3 Å². The van der Waals surface area contributed by atoms with Crippen LogP contribution in [0.15, 0.2) is 53.2 Å². The van der Waals surface area contributed by atoms with E-state index in [-0.39, 0.29) is 18.0 Å². The number of nitrogens with zero attached hydrogens (tertiary/aromatic N) is 4. The smallest absolute Gasteiger partial charge is 0.258 e. The zero-order valence-electron chi connectivity index (χ0n) is 16.2. The minimum atomic E-state index is 0.0317. The van der Waals surface area contributed by atoms with Gasteiger partial charge in [0.2, 0.25) is 5.88 Å². The van der Waals surface area contributed by atoms with Crippen molar-refractivity contribution in [3.8, 4) is 17.3 Å². The molecule has 0 spiro atoms. The van der Waals surface area contributed by atoms with E-state index in [1.807, 2.05) is 42.5 Å². The van der Waals surface area contributed by atoms with Crippen LogP contribution < -0.4 is 4.74 Å². The quantitative estimate of drug-likeness (QED) is 0.663. The van der Waals surface area contributed by atoms with Crippen LogP contribution in [0.4, 0.5) is 0 Å². The number of rotatable bonds is 5. The normalized spacial score (nSPS) is 22.8. The molecule has 2 aliphatic heterocycles. The second-order valence-electron chi connectivity index (χ2n) is 7.68. The maximum atomic E-state index is 13.5. The molecule has 7 nitrogen and oxygen atoms in total. The molecular formula is C22H22N4O3. The molecule has 1 amide bonds. The number of amides is 1. The van der Waals surface area contributed by atoms with Gasteiger partial charge in [-0.25, -0.2) is 4.98 Å². The Kier molecular flexibility index (Phi) is 4.50. The van der Waals surface area contributed by atoms with Crippen molar-refractivity contribution in [1.29, 1.82) is 0 Å². The van der Waals surface area contributed by atoms with Crippen molar-refractivity contribution in [2.75, 3.05) is 6.61 Å². The second kappa shape index (κ2) is 7.31. The molecule has 3 aromatic rings. The number of carbonyl (C=O) groups is 1. The summed E-state index contributed by atoms with van der Waals surface area (Å²) >= 11 is 0. The van der Waals surface area contributed by atoms with Crippen LogP contribution in [0.2, 0.25) is 0 Å². The molecule has 2 fully saturated rings. The van der Waals surface area contributed by atoms with Crippen LogP contribution in [0.1, 0.15) is 35.4 Å². The van der Waals surface area contributed by atoms with Crippen molar-refractivity contribution < 1.29 is 14.1 Å². The van der Waals surface area contributed by atoms with Crippen molar-refractivity contribution in [1.82, 2.24) is 20.0 Å². The average molecular weight is 390 g/mol. The Balaban J connectivity index is 1.36.